The first-order chi connectivity index (χ1) is 10.9. The molecule has 0 aromatic heterocycles. The van der Waals surface area contributed by atoms with Crippen molar-refractivity contribution in [3.63, 3.8) is 0 Å². The van der Waals surface area contributed by atoms with Gasteiger partial charge in [-0.15, -0.1) is 0 Å². The summed E-state index contributed by atoms with van der Waals surface area (Å²) in [7, 11) is -3.17. The van der Waals surface area contributed by atoms with Crippen LogP contribution in [-0.2, 0) is 21.1 Å². The second kappa shape index (κ2) is 7.95. The van der Waals surface area contributed by atoms with Crippen molar-refractivity contribution in [2.24, 2.45) is 5.92 Å². The number of carbonyl (C=O) groups excluding carboxylic acids is 1. The Balaban J connectivity index is 1.88. The Bertz CT molecular complexity index is 614. The molecule has 23 heavy (non-hydrogen) atoms. The number of sulfone groups is 1. The minimum absolute atomic E-state index is 0.0698. The molecule has 0 unspecified atom stereocenters. The highest BCUT2D eigenvalue weighted by molar-refractivity contribution is 7.92. The fourth-order valence-electron chi connectivity index (χ4n) is 3.03. The van der Waals surface area contributed by atoms with Crippen LogP contribution in [0.5, 0.6) is 0 Å². The quantitative estimate of drug-likeness (QED) is 0.831. The highest BCUT2D eigenvalue weighted by atomic mass is 32.2. The van der Waals surface area contributed by atoms with E-state index < -0.39 is 9.84 Å². The van der Waals surface area contributed by atoms with Crippen molar-refractivity contribution in [1.29, 1.82) is 0 Å². The Labute approximate surface area is 139 Å². The predicted molar refractivity (Wildman–Crippen MR) is 92.1 cm³/mol. The molecule has 0 bridgehead atoms. The molecule has 0 radical (unpaired) electrons. The Morgan fingerprint density at radius 3 is 2.35 bits per heavy atom. The average Bonchev–Trinajstić information content (AvgIpc) is 3.02. The van der Waals surface area contributed by atoms with Crippen molar-refractivity contribution < 1.29 is 13.2 Å². The molecule has 2 rings (SSSR count). The van der Waals surface area contributed by atoms with E-state index in [4.69, 9.17) is 0 Å². The SMILES string of the molecule is CC(C)CC(=O)NCCc1ccc(S(=O)(=O)C2CCCC2)cc1. The summed E-state index contributed by atoms with van der Waals surface area (Å²) in [5.74, 6) is 0.426. The molecule has 0 spiro atoms. The summed E-state index contributed by atoms with van der Waals surface area (Å²) in [5.41, 5.74) is 1.04. The van der Waals surface area contributed by atoms with E-state index >= 15 is 0 Å². The topological polar surface area (TPSA) is 63.2 Å². The van der Waals surface area contributed by atoms with E-state index in [0.29, 0.717) is 30.2 Å². The molecular weight excluding hydrogens is 310 g/mol. The minimum atomic E-state index is -3.17. The van der Waals surface area contributed by atoms with Crippen molar-refractivity contribution in [3.8, 4) is 0 Å². The second-order valence-corrected chi connectivity index (χ2v) is 9.02. The van der Waals surface area contributed by atoms with Gasteiger partial charge in [0.15, 0.2) is 9.84 Å². The van der Waals surface area contributed by atoms with E-state index in [1.54, 1.807) is 12.1 Å². The van der Waals surface area contributed by atoms with Crippen LogP contribution in [-0.4, -0.2) is 26.1 Å². The Morgan fingerprint density at radius 1 is 1.17 bits per heavy atom. The van der Waals surface area contributed by atoms with E-state index in [1.807, 2.05) is 26.0 Å². The Hall–Kier alpha value is -1.36. The summed E-state index contributed by atoms with van der Waals surface area (Å²) in [6.07, 6.45) is 4.85. The number of hydrogen-bond donors (Lipinski definition) is 1. The number of benzene rings is 1. The lowest BCUT2D eigenvalue weighted by atomic mass is 10.1. The van der Waals surface area contributed by atoms with Gasteiger partial charge in [-0.25, -0.2) is 8.42 Å². The zero-order valence-electron chi connectivity index (χ0n) is 14.0. The molecule has 0 saturated heterocycles. The van der Waals surface area contributed by atoms with Crippen LogP contribution in [0, 0.1) is 5.92 Å². The fourth-order valence-corrected chi connectivity index (χ4v) is 4.88. The lowest BCUT2D eigenvalue weighted by Gasteiger charge is -2.12. The van der Waals surface area contributed by atoms with E-state index in [0.717, 1.165) is 31.2 Å². The monoisotopic (exact) mass is 337 g/mol. The van der Waals surface area contributed by atoms with E-state index in [9.17, 15) is 13.2 Å². The maximum absolute atomic E-state index is 12.5. The largest absolute Gasteiger partial charge is 0.356 e. The normalized spacial score (nSPS) is 16.0. The maximum atomic E-state index is 12.5. The minimum Gasteiger partial charge on any atom is -0.356 e. The van der Waals surface area contributed by atoms with Crippen LogP contribution in [0.15, 0.2) is 29.2 Å². The summed E-state index contributed by atoms with van der Waals surface area (Å²) in [4.78, 5) is 12.0. The van der Waals surface area contributed by atoms with Crippen LogP contribution < -0.4 is 5.32 Å². The standard InChI is InChI=1S/C18H27NO3S/c1-14(2)13-18(20)19-12-11-15-7-9-17(10-8-15)23(21,22)16-5-3-4-6-16/h7-10,14,16H,3-6,11-13H2,1-2H3,(H,19,20). The van der Waals surface area contributed by atoms with Gasteiger partial charge in [-0.1, -0.05) is 38.8 Å². The molecule has 1 N–H and O–H groups in total. The van der Waals surface area contributed by atoms with Gasteiger partial charge in [0.2, 0.25) is 5.91 Å². The number of nitrogens with one attached hydrogen (secondary N) is 1. The first-order valence-corrected chi connectivity index (χ1v) is 10.0. The molecule has 1 aliphatic rings. The molecule has 0 aliphatic heterocycles. The van der Waals surface area contributed by atoms with Gasteiger partial charge >= 0.3 is 0 Å². The lowest BCUT2D eigenvalue weighted by Crippen LogP contribution is -2.26. The molecule has 1 aromatic carbocycles. The molecular formula is C18H27NO3S. The van der Waals surface area contributed by atoms with E-state index in [-0.39, 0.29) is 11.2 Å². The number of rotatable bonds is 7. The molecule has 1 amide bonds. The summed E-state index contributed by atoms with van der Waals surface area (Å²) in [5, 5.41) is 2.69. The summed E-state index contributed by atoms with van der Waals surface area (Å²) < 4.78 is 25.0. The van der Waals surface area contributed by atoms with Crippen molar-refractivity contribution in [2.75, 3.05) is 6.54 Å². The first kappa shape index (κ1) is 18.0. The van der Waals surface area contributed by atoms with Gasteiger partial charge in [0, 0.05) is 13.0 Å². The smallest absolute Gasteiger partial charge is 0.220 e. The fraction of sp³-hybridized carbons (Fsp3) is 0.611. The molecule has 4 nitrogen and oxygen atoms in total. The number of amides is 1. The summed E-state index contributed by atoms with van der Waals surface area (Å²) >= 11 is 0. The van der Waals surface area contributed by atoms with Crippen molar-refractivity contribution in [2.45, 2.75) is 62.5 Å². The first-order valence-electron chi connectivity index (χ1n) is 8.49. The lowest BCUT2D eigenvalue weighted by molar-refractivity contribution is -0.121. The van der Waals surface area contributed by atoms with Crippen molar-refractivity contribution >= 4 is 15.7 Å². The van der Waals surface area contributed by atoms with E-state index in [1.165, 1.54) is 0 Å². The van der Waals surface area contributed by atoms with Gasteiger partial charge in [0.1, 0.15) is 0 Å². The third kappa shape index (κ3) is 5.06. The van der Waals surface area contributed by atoms with Crippen LogP contribution in [0.25, 0.3) is 0 Å². The van der Waals surface area contributed by atoms with Gasteiger partial charge in [-0.2, -0.15) is 0 Å². The van der Waals surface area contributed by atoms with Crippen LogP contribution in [0.2, 0.25) is 0 Å². The molecule has 0 atom stereocenters. The highest BCUT2D eigenvalue weighted by Crippen LogP contribution is 2.29. The van der Waals surface area contributed by atoms with Crippen molar-refractivity contribution in [1.82, 2.24) is 5.32 Å². The zero-order valence-corrected chi connectivity index (χ0v) is 14.9. The molecule has 1 aromatic rings. The molecule has 1 fully saturated rings. The number of carbonyl (C=O) groups is 1. The average molecular weight is 337 g/mol. The maximum Gasteiger partial charge on any atom is 0.220 e. The molecule has 128 valence electrons. The van der Waals surface area contributed by atoms with Crippen LogP contribution in [0.4, 0.5) is 0 Å². The molecule has 1 saturated carbocycles. The Kier molecular flexibility index (Phi) is 6.22. The Morgan fingerprint density at radius 2 is 1.78 bits per heavy atom. The zero-order chi connectivity index (χ0) is 16.9. The van der Waals surface area contributed by atoms with Gasteiger partial charge in [-0.3, -0.25) is 4.79 Å². The van der Waals surface area contributed by atoms with Crippen LogP contribution in [0.1, 0.15) is 51.5 Å². The predicted octanol–water partition coefficient (Wildman–Crippen LogP) is 3.11. The summed E-state index contributed by atoms with van der Waals surface area (Å²) in [6.45, 7) is 4.62. The van der Waals surface area contributed by atoms with Crippen LogP contribution >= 0.6 is 0 Å². The second-order valence-electron chi connectivity index (χ2n) is 6.79. The molecule has 0 heterocycles. The summed E-state index contributed by atoms with van der Waals surface area (Å²) in [6, 6.07) is 7.13. The third-order valence-electron chi connectivity index (χ3n) is 4.32. The van der Waals surface area contributed by atoms with Crippen LogP contribution in [0.3, 0.4) is 0 Å². The van der Waals surface area contributed by atoms with Gasteiger partial charge in [0.05, 0.1) is 10.1 Å². The molecule has 5 heteroatoms. The molecule has 1 aliphatic carbocycles. The number of hydrogen-bond acceptors (Lipinski definition) is 3. The highest BCUT2D eigenvalue weighted by Gasteiger charge is 2.29. The van der Waals surface area contributed by atoms with Crippen molar-refractivity contribution in [3.05, 3.63) is 29.8 Å². The van der Waals surface area contributed by atoms with Gasteiger partial charge in [0.25, 0.3) is 0 Å². The van der Waals surface area contributed by atoms with E-state index in [2.05, 4.69) is 5.32 Å². The van der Waals surface area contributed by atoms with Gasteiger partial charge < -0.3 is 5.32 Å². The van der Waals surface area contributed by atoms with Gasteiger partial charge in [-0.05, 0) is 42.9 Å². The third-order valence-corrected chi connectivity index (χ3v) is 6.60.